The van der Waals surface area contributed by atoms with Crippen LogP contribution in [0.4, 0.5) is 111 Å². The molecule has 12 aromatic rings. The molecule has 4 aromatic heterocycles. The molecule has 0 spiro atoms. The Kier molecular flexibility index (Phi) is 34.3. The summed E-state index contributed by atoms with van der Waals surface area (Å²) in [5.74, 6) is -18.0. The minimum Gasteiger partial charge on any atom is -0.380 e. The summed E-state index contributed by atoms with van der Waals surface area (Å²) in [6.45, 7) is 17.2. The number of para-hydroxylation sites is 2. The normalized spacial score (nSPS) is 21.3. The van der Waals surface area contributed by atoms with Crippen molar-refractivity contribution in [2.75, 3.05) is 153 Å². The number of likely N-dealkylation sites (tertiary alicyclic amines) is 4. The number of rotatable bonds is 36. The number of aromatic nitrogens is 2. The molecule has 0 saturated carbocycles. The number of H-pyrrole nitrogens is 2. The van der Waals surface area contributed by atoms with E-state index in [1.165, 1.54) is 76.2 Å². The summed E-state index contributed by atoms with van der Waals surface area (Å²) in [5.41, 5.74) is 6.48. The van der Waals surface area contributed by atoms with Gasteiger partial charge in [-0.1, -0.05) is 100 Å². The van der Waals surface area contributed by atoms with Crippen LogP contribution in [0.1, 0.15) is 197 Å². The number of thiophene rings is 2. The van der Waals surface area contributed by atoms with E-state index in [4.69, 9.17) is 0 Å². The SMILES string of the molecule is CCC(F)(F)CN1[C@@H](c2c(F)cc(NC3CN(CCCF)C3)cc2F)c2c([nH]c3ccccc23)C[C@@H]1C.CCC(F)(F)CN1[C@@H](c2c(F)cc(NC3CN(CCCF)C3)cc2F)c2c(sc3ccccc23)C[C@@H]1C.CCC(F)(F)CN1[C@H](c2c(F)cc(NC3CN(CCCF)C3)cc2F)c2c([nH]c3ccccc23)C[C@H]1C.CCC(F)(F)CN1[C@H](c2c(F)cc(NC3CN(CCCF)C3)cc2F)c2c(sc3ccccc23)C[C@H]1C. The van der Waals surface area contributed by atoms with E-state index in [2.05, 4.69) is 50.8 Å². The van der Waals surface area contributed by atoms with Crippen LogP contribution < -0.4 is 21.3 Å². The molecule has 20 rings (SSSR count). The van der Waals surface area contributed by atoms with Crippen molar-refractivity contribution in [1.29, 1.82) is 0 Å². The fourth-order valence-electron chi connectivity index (χ4n) is 22.7. The van der Waals surface area contributed by atoms with Crippen LogP contribution in [0, 0.1) is 46.5 Å². The Morgan fingerprint density at radius 2 is 0.520 bits per heavy atom. The molecule has 0 aliphatic carbocycles. The van der Waals surface area contributed by atoms with Crippen molar-refractivity contribution in [2.24, 2.45) is 0 Å². The number of hydrogen-bond donors (Lipinski definition) is 6. The average Bonchev–Trinajstić information content (AvgIpc) is 1.61. The number of alkyl halides is 12. The molecule has 0 amide bonds. The molecule has 0 radical (unpaired) electrons. The summed E-state index contributed by atoms with van der Waals surface area (Å²) in [4.78, 5) is 23.2. The molecule has 0 unspecified atom stereocenters. The minimum absolute atomic E-state index is 0.0129. The lowest BCUT2D eigenvalue weighted by Crippen LogP contribution is -2.54. The van der Waals surface area contributed by atoms with Gasteiger partial charge in [0.25, 0.3) is 23.7 Å². The van der Waals surface area contributed by atoms with E-state index >= 15 is 35.1 Å². The molecule has 8 aromatic carbocycles. The highest BCUT2D eigenvalue weighted by molar-refractivity contribution is 7.19. The van der Waals surface area contributed by atoms with Crippen molar-refractivity contribution in [2.45, 2.75) is 229 Å². The van der Waals surface area contributed by atoms with Crippen LogP contribution in [0.3, 0.4) is 0 Å². The zero-order chi connectivity index (χ0) is 105. The quantitative estimate of drug-likeness (QED) is 0.0211. The van der Waals surface area contributed by atoms with Crippen molar-refractivity contribution in [3.63, 3.8) is 0 Å². The van der Waals surface area contributed by atoms with Crippen molar-refractivity contribution in [3.05, 3.63) is 258 Å². The van der Waals surface area contributed by atoms with Crippen molar-refractivity contribution >= 4 is 87.4 Å². The first-order chi connectivity index (χ1) is 70.8. The Labute approximate surface area is 858 Å². The highest BCUT2D eigenvalue weighted by atomic mass is 32.1. The number of nitrogens with one attached hydrogen (secondary N) is 6. The number of anilines is 4. The third-order valence-electron chi connectivity index (χ3n) is 30.6. The molecule has 6 N–H and O–H groups in total. The van der Waals surface area contributed by atoms with Crippen molar-refractivity contribution < 1.29 is 87.8 Å². The summed E-state index contributed by atoms with van der Waals surface area (Å²) in [6.07, 6.45) is 2.50. The Bertz CT molecular complexity index is 5700. The van der Waals surface area contributed by atoms with Crippen LogP contribution in [0.15, 0.2) is 146 Å². The number of nitrogens with zero attached hydrogens (tertiary/aromatic N) is 8. The smallest absolute Gasteiger partial charge is 0.260 e. The predicted octanol–water partition coefficient (Wildman–Crippen LogP) is 26.6. The highest BCUT2D eigenvalue weighted by Gasteiger charge is 2.50. The number of fused-ring (bicyclic) bond motifs is 12. The van der Waals surface area contributed by atoms with Gasteiger partial charge >= 0.3 is 0 Å². The van der Waals surface area contributed by atoms with Gasteiger partial charge in [0.1, 0.15) is 46.5 Å². The molecule has 4 saturated heterocycles. The van der Waals surface area contributed by atoms with Gasteiger partial charge in [0.05, 0.1) is 101 Å². The van der Waals surface area contributed by atoms with Crippen LogP contribution in [0.5, 0.6) is 0 Å². The maximum Gasteiger partial charge on any atom is 0.260 e. The Morgan fingerprint density at radius 1 is 0.297 bits per heavy atom. The maximum absolute atomic E-state index is 15.8. The second-order valence-electron chi connectivity index (χ2n) is 41.3. The van der Waals surface area contributed by atoms with Gasteiger partial charge in [-0.25, -0.2) is 70.2 Å². The Morgan fingerprint density at radius 3 is 0.764 bits per heavy atom. The molecule has 12 heterocycles. The van der Waals surface area contributed by atoms with Gasteiger partial charge in [0.15, 0.2) is 0 Å². The predicted molar refractivity (Wildman–Crippen MR) is 551 cm³/mol. The van der Waals surface area contributed by atoms with E-state index in [1.54, 1.807) is 42.3 Å². The van der Waals surface area contributed by atoms with Crippen molar-refractivity contribution in [1.82, 2.24) is 49.2 Å². The number of hydrogen-bond acceptors (Lipinski definition) is 14. The first kappa shape index (κ1) is 109. The molecule has 8 aliphatic heterocycles. The van der Waals surface area contributed by atoms with Gasteiger partial charge in [-0.15, -0.1) is 22.7 Å². The van der Waals surface area contributed by atoms with Crippen LogP contribution in [-0.2, 0) is 25.7 Å². The topological polar surface area (TPSA) is 106 Å². The number of aromatic amines is 2. The first-order valence-electron chi connectivity index (χ1n) is 51.7. The monoisotopic (exact) mass is 2110 g/mol. The molecule has 148 heavy (non-hydrogen) atoms. The average molecular weight is 2120 g/mol. The summed E-state index contributed by atoms with van der Waals surface area (Å²) in [6, 6.07) is 35.1. The molecular weight excluding hydrogens is 1990 g/mol. The molecule has 36 heteroatoms. The van der Waals surface area contributed by atoms with Gasteiger partial charge in [0.2, 0.25) is 0 Å². The zero-order valence-electron chi connectivity index (χ0n) is 84.4. The molecule has 4 fully saturated rings. The molecule has 8 atom stereocenters. The van der Waals surface area contributed by atoms with Crippen LogP contribution in [0.2, 0.25) is 0 Å². The Balaban J connectivity index is 0.000000135. The van der Waals surface area contributed by atoms with E-state index in [0.717, 1.165) is 74.2 Å². The fraction of sp³-hybridized carbons (Fsp3) is 0.500. The minimum atomic E-state index is -3.00. The summed E-state index contributed by atoms with van der Waals surface area (Å²) in [7, 11) is 0. The largest absolute Gasteiger partial charge is 0.380 e. The van der Waals surface area contributed by atoms with Crippen LogP contribution in [0.25, 0.3) is 42.0 Å². The Hall–Kier alpha value is -9.76. The van der Waals surface area contributed by atoms with Crippen LogP contribution in [-0.4, -0.2) is 253 Å². The second-order valence-corrected chi connectivity index (χ2v) is 43.6. The van der Waals surface area contributed by atoms with Gasteiger partial charge in [-0.05, 0) is 161 Å². The molecule has 800 valence electrons. The van der Waals surface area contributed by atoms with Gasteiger partial charge in [-0.2, -0.15) is 0 Å². The highest BCUT2D eigenvalue weighted by Crippen LogP contribution is 2.54. The fourth-order valence-corrected chi connectivity index (χ4v) is 25.4. The zero-order valence-corrected chi connectivity index (χ0v) is 86.0. The summed E-state index contributed by atoms with van der Waals surface area (Å²) in [5, 5.41) is 15.9. The van der Waals surface area contributed by atoms with Gasteiger partial charge < -0.3 is 31.2 Å². The van der Waals surface area contributed by atoms with Gasteiger partial charge in [0, 0.05) is 250 Å². The summed E-state index contributed by atoms with van der Waals surface area (Å²) >= 11 is 3.14. The van der Waals surface area contributed by atoms with E-state index in [9.17, 15) is 52.7 Å². The number of halogens is 20. The first-order valence-corrected chi connectivity index (χ1v) is 53.3. The van der Waals surface area contributed by atoms with E-state index < -0.39 is 121 Å². The lowest BCUT2D eigenvalue weighted by atomic mass is 9.86. The number of benzene rings is 8. The van der Waals surface area contributed by atoms with E-state index in [-0.39, 0.29) is 123 Å². The second kappa shape index (κ2) is 46.4. The standard InChI is InChI=1S/2C28H33F5N4.2C28H32F5N3S/c2*1-3-28(32,33)16-37-17(2)11-24-25(20-7-4-5-8-23(20)35-24)27(37)26-21(30)12-18(13-22(26)31)34-19-14-36(15-19)10-6-9-29;2*1-3-28(32,33)16-36-17(2)11-24-25(20-7-4-5-8-23(20)37-24)27(36)26-21(30)12-18(13-22(26)31)34-19-14-35(15-19)10-6-9-29/h2*4-5,7-8,12-13,17,19,27,34-35H,3,6,9-11,14-16H2,1-2H3;2*4-5,7-8,12-13,17,19,27,34H,3,6,9-11,14-16H2,1-2H3/t4*17-,27+/m1010/s1. The third-order valence-corrected chi connectivity index (χ3v) is 33.0. The lowest BCUT2D eigenvalue weighted by molar-refractivity contribution is -0.0550. The van der Waals surface area contributed by atoms with Crippen molar-refractivity contribution in [3.8, 4) is 0 Å². The van der Waals surface area contributed by atoms with Crippen LogP contribution >= 0.6 is 22.7 Å². The lowest BCUT2D eigenvalue weighted by Gasteiger charge is -2.43. The van der Waals surface area contributed by atoms with E-state index in [1.807, 2.05) is 125 Å². The molecule has 8 aliphatic rings. The summed E-state index contributed by atoms with van der Waals surface area (Å²) < 4.78 is 295. The molecule has 0 bridgehead atoms. The molecule has 14 nitrogen and oxygen atoms in total. The van der Waals surface area contributed by atoms with Gasteiger partial charge in [-0.3, -0.25) is 56.8 Å². The van der Waals surface area contributed by atoms with E-state index in [0.29, 0.717) is 164 Å². The third kappa shape index (κ3) is 24.0. The molecular formula is C112H130F20N14S2. The maximum atomic E-state index is 15.8.